The molecule has 2 aromatic rings. The molecule has 0 aromatic heterocycles. The number of ether oxygens (including phenoxy) is 1. The molecule has 20 heavy (non-hydrogen) atoms. The van der Waals surface area contributed by atoms with Gasteiger partial charge in [-0.15, -0.1) is 0 Å². The largest absolute Gasteiger partial charge is 0.451 e. The van der Waals surface area contributed by atoms with Crippen LogP contribution in [0.5, 0.6) is 0 Å². The summed E-state index contributed by atoms with van der Waals surface area (Å²) < 4.78 is 5.25. The van der Waals surface area contributed by atoms with Gasteiger partial charge in [0.25, 0.3) is 0 Å². The smallest absolute Gasteiger partial charge is 0.339 e. The van der Waals surface area contributed by atoms with E-state index in [4.69, 9.17) is 27.9 Å². The summed E-state index contributed by atoms with van der Waals surface area (Å²) >= 11 is 11.9. The van der Waals surface area contributed by atoms with Crippen LogP contribution >= 0.6 is 23.2 Å². The molecule has 0 unspecified atom stereocenters. The molecule has 0 fully saturated rings. The number of aliphatic hydroxyl groups is 1. The van der Waals surface area contributed by atoms with E-state index in [1.807, 2.05) is 0 Å². The van der Waals surface area contributed by atoms with Crippen LogP contribution in [-0.4, -0.2) is 11.1 Å². The predicted molar refractivity (Wildman–Crippen MR) is 76.0 cm³/mol. The zero-order valence-corrected chi connectivity index (χ0v) is 11.7. The molecule has 0 saturated carbocycles. The average molecular weight is 309 g/mol. The van der Waals surface area contributed by atoms with E-state index in [1.54, 1.807) is 42.5 Å². The molecule has 5 heteroatoms. The van der Waals surface area contributed by atoms with Gasteiger partial charge < -0.3 is 9.84 Å². The lowest BCUT2D eigenvalue weighted by molar-refractivity contribution is -0.0102. The fourth-order valence-corrected chi connectivity index (χ4v) is 2.83. The number of carbonyl (C=O) groups is 1. The van der Waals surface area contributed by atoms with Crippen molar-refractivity contribution in [3.05, 3.63) is 69.2 Å². The van der Waals surface area contributed by atoms with Crippen LogP contribution in [0.25, 0.3) is 0 Å². The summed E-state index contributed by atoms with van der Waals surface area (Å²) in [4.78, 5) is 11.8. The van der Waals surface area contributed by atoms with Gasteiger partial charge in [0.2, 0.25) is 0 Å². The van der Waals surface area contributed by atoms with Gasteiger partial charge in [-0.05, 0) is 18.2 Å². The van der Waals surface area contributed by atoms with E-state index in [2.05, 4.69) is 0 Å². The zero-order chi connectivity index (χ0) is 14.3. The number of cyclic esters (lactones) is 1. The number of rotatable bonds is 2. The SMILES string of the molecule is O=C1O[C@H]([C@H](O)c2ccc(Cl)cc2Cl)c2ccccc21. The highest BCUT2D eigenvalue weighted by atomic mass is 35.5. The van der Waals surface area contributed by atoms with Gasteiger partial charge in [0.15, 0.2) is 6.10 Å². The molecule has 0 spiro atoms. The number of hydrogen-bond donors (Lipinski definition) is 1. The van der Waals surface area contributed by atoms with Crippen molar-refractivity contribution in [3.63, 3.8) is 0 Å². The summed E-state index contributed by atoms with van der Waals surface area (Å²) in [5, 5.41) is 11.3. The number of esters is 1. The Morgan fingerprint density at radius 1 is 1.15 bits per heavy atom. The van der Waals surface area contributed by atoms with E-state index in [9.17, 15) is 9.90 Å². The lowest BCUT2D eigenvalue weighted by Crippen LogP contribution is -2.11. The molecule has 2 atom stereocenters. The monoisotopic (exact) mass is 308 g/mol. The molecule has 0 radical (unpaired) electrons. The van der Waals surface area contributed by atoms with Crippen molar-refractivity contribution in [3.8, 4) is 0 Å². The molecule has 0 amide bonds. The zero-order valence-electron chi connectivity index (χ0n) is 10.2. The Bertz CT molecular complexity index is 685. The van der Waals surface area contributed by atoms with Crippen molar-refractivity contribution >= 4 is 29.2 Å². The summed E-state index contributed by atoms with van der Waals surface area (Å²) in [6, 6.07) is 11.8. The first kappa shape index (κ1) is 13.4. The fraction of sp³-hybridized carbons (Fsp3) is 0.133. The van der Waals surface area contributed by atoms with Gasteiger partial charge in [0, 0.05) is 21.2 Å². The van der Waals surface area contributed by atoms with Gasteiger partial charge in [0.05, 0.1) is 5.56 Å². The highest BCUT2D eigenvalue weighted by Crippen LogP contribution is 2.41. The summed E-state index contributed by atoms with van der Waals surface area (Å²) in [5.41, 5.74) is 1.61. The first-order chi connectivity index (χ1) is 9.58. The van der Waals surface area contributed by atoms with Crippen LogP contribution in [0.1, 0.15) is 33.7 Å². The minimum Gasteiger partial charge on any atom is -0.451 e. The van der Waals surface area contributed by atoms with Crippen molar-refractivity contribution in [2.45, 2.75) is 12.2 Å². The van der Waals surface area contributed by atoms with Crippen LogP contribution in [0.15, 0.2) is 42.5 Å². The molecule has 102 valence electrons. The lowest BCUT2D eigenvalue weighted by Gasteiger charge is -2.19. The minimum atomic E-state index is -1.03. The lowest BCUT2D eigenvalue weighted by atomic mass is 9.97. The number of halogens is 2. The van der Waals surface area contributed by atoms with Crippen molar-refractivity contribution in [1.29, 1.82) is 0 Å². The Morgan fingerprint density at radius 2 is 1.90 bits per heavy atom. The third kappa shape index (κ3) is 2.18. The fourth-order valence-electron chi connectivity index (χ4n) is 2.31. The molecule has 0 bridgehead atoms. The van der Waals surface area contributed by atoms with Gasteiger partial charge in [0.1, 0.15) is 6.10 Å². The summed E-state index contributed by atoms with van der Waals surface area (Å²) in [6.45, 7) is 0. The van der Waals surface area contributed by atoms with Gasteiger partial charge in [-0.25, -0.2) is 4.79 Å². The van der Waals surface area contributed by atoms with Gasteiger partial charge in [-0.2, -0.15) is 0 Å². The van der Waals surface area contributed by atoms with E-state index < -0.39 is 18.2 Å². The van der Waals surface area contributed by atoms with Crippen LogP contribution in [0, 0.1) is 0 Å². The molecule has 1 heterocycles. The van der Waals surface area contributed by atoms with E-state index in [0.29, 0.717) is 26.7 Å². The Balaban J connectivity index is 2.00. The van der Waals surface area contributed by atoms with E-state index in [0.717, 1.165) is 0 Å². The molecule has 2 aromatic carbocycles. The number of hydrogen-bond acceptors (Lipinski definition) is 3. The van der Waals surface area contributed by atoms with Crippen molar-refractivity contribution in [2.75, 3.05) is 0 Å². The quantitative estimate of drug-likeness (QED) is 0.855. The van der Waals surface area contributed by atoms with Crippen LogP contribution in [-0.2, 0) is 4.74 Å². The third-order valence-electron chi connectivity index (χ3n) is 3.29. The van der Waals surface area contributed by atoms with Crippen LogP contribution < -0.4 is 0 Å². The Kier molecular flexibility index (Phi) is 3.42. The van der Waals surface area contributed by atoms with Crippen molar-refractivity contribution in [2.24, 2.45) is 0 Å². The van der Waals surface area contributed by atoms with Gasteiger partial charge in [-0.3, -0.25) is 0 Å². The van der Waals surface area contributed by atoms with E-state index >= 15 is 0 Å². The second-order valence-corrected chi connectivity index (χ2v) is 5.37. The number of benzene rings is 2. The van der Waals surface area contributed by atoms with Crippen LogP contribution in [0.4, 0.5) is 0 Å². The van der Waals surface area contributed by atoms with E-state index in [1.165, 1.54) is 0 Å². The highest BCUT2D eigenvalue weighted by Gasteiger charge is 2.36. The van der Waals surface area contributed by atoms with Crippen molar-refractivity contribution < 1.29 is 14.6 Å². The molecular formula is C15H10Cl2O3. The highest BCUT2D eigenvalue weighted by molar-refractivity contribution is 6.35. The Morgan fingerprint density at radius 3 is 2.65 bits per heavy atom. The second kappa shape index (κ2) is 5.09. The maximum absolute atomic E-state index is 11.8. The van der Waals surface area contributed by atoms with Crippen LogP contribution in [0.2, 0.25) is 10.0 Å². The van der Waals surface area contributed by atoms with Gasteiger partial charge in [-0.1, -0.05) is 47.5 Å². The molecule has 1 aliphatic heterocycles. The Labute approximate surface area is 125 Å². The first-order valence-electron chi connectivity index (χ1n) is 6.01. The van der Waals surface area contributed by atoms with Crippen molar-refractivity contribution in [1.82, 2.24) is 0 Å². The minimum absolute atomic E-state index is 0.338. The third-order valence-corrected chi connectivity index (χ3v) is 3.85. The van der Waals surface area contributed by atoms with Crippen LogP contribution in [0.3, 0.4) is 0 Å². The normalized spacial score (nSPS) is 18.6. The Hall–Kier alpha value is -1.55. The first-order valence-corrected chi connectivity index (χ1v) is 6.76. The van der Waals surface area contributed by atoms with E-state index in [-0.39, 0.29) is 0 Å². The summed E-state index contributed by atoms with van der Waals surface area (Å²) in [5.74, 6) is -0.435. The molecular weight excluding hydrogens is 299 g/mol. The second-order valence-electron chi connectivity index (χ2n) is 4.52. The molecule has 0 saturated heterocycles. The number of fused-ring (bicyclic) bond motifs is 1. The average Bonchev–Trinajstić information content (AvgIpc) is 2.76. The molecule has 1 N–H and O–H groups in total. The maximum Gasteiger partial charge on any atom is 0.339 e. The molecule has 0 aliphatic carbocycles. The predicted octanol–water partition coefficient (Wildman–Crippen LogP) is 3.94. The summed E-state index contributed by atoms with van der Waals surface area (Å²) in [7, 11) is 0. The maximum atomic E-state index is 11.8. The topological polar surface area (TPSA) is 46.5 Å². The molecule has 1 aliphatic rings. The molecule has 3 nitrogen and oxygen atoms in total. The number of carbonyl (C=O) groups excluding carboxylic acids is 1. The van der Waals surface area contributed by atoms with Gasteiger partial charge >= 0.3 is 5.97 Å². The molecule has 3 rings (SSSR count). The summed E-state index contributed by atoms with van der Waals surface area (Å²) in [6.07, 6.45) is -1.79. The number of aliphatic hydroxyl groups excluding tert-OH is 1. The standard InChI is InChI=1S/C15H10Cl2O3/c16-8-5-6-11(12(17)7-8)13(18)14-9-3-1-2-4-10(9)15(19)20-14/h1-7,13-14,18H/t13-,14+/m1/s1.